The minimum absolute atomic E-state index is 0.0941. The van der Waals surface area contributed by atoms with Crippen LogP contribution >= 0.6 is 22.6 Å². The Morgan fingerprint density at radius 1 is 1.38 bits per heavy atom. The normalized spacial score (nSPS) is 37.3. The molecule has 1 aromatic rings. The number of benzene rings is 1. The van der Waals surface area contributed by atoms with Crippen molar-refractivity contribution >= 4 is 28.6 Å². The number of halogens is 1. The fourth-order valence-corrected chi connectivity index (χ4v) is 5.25. The van der Waals surface area contributed by atoms with Crippen molar-refractivity contribution in [3.05, 3.63) is 52.1 Å². The summed E-state index contributed by atoms with van der Waals surface area (Å²) >= 11 is 2.23. The topological polar surface area (TPSA) is 54.0 Å². The lowest BCUT2D eigenvalue weighted by Gasteiger charge is -2.39. The lowest BCUT2D eigenvalue weighted by atomic mass is 9.62. The number of carbonyl (C=O) groups is 1. The van der Waals surface area contributed by atoms with Crippen LogP contribution in [0.3, 0.4) is 0 Å². The van der Waals surface area contributed by atoms with Gasteiger partial charge in [0.1, 0.15) is 11.2 Å². The van der Waals surface area contributed by atoms with Crippen LogP contribution in [0.1, 0.15) is 5.56 Å². The third-order valence-corrected chi connectivity index (χ3v) is 6.71. The number of ether oxygens (including phenoxy) is 4. The van der Waals surface area contributed by atoms with Gasteiger partial charge in [-0.15, -0.1) is 6.58 Å². The Labute approximate surface area is 166 Å². The molecule has 2 heterocycles. The van der Waals surface area contributed by atoms with Crippen molar-refractivity contribution in [3.63, 3.8) is 0 Å². The van der Waals surface area contributed by atoms with Gasteiger partial charge in [-0.2, -0.15) is 0 Å². The smallest absolute Gasteiger partial charge is 0.322 e. The molecule has 0 bridgehead atoms. The Morgan fingerprint density at radius 2 is 2.19 bits per heavy atom. The average Bonchev–Trinajstić information content (AvgIpc) is 3.12. The van der Waals surface area contributed by atoms with E-state index < -0.39 is 17.3 Å². The highest BCUT2D eigenvalue weighted by Crippen LogP contribution is 2.60. The number of rotatable bonds is 5. The first-order valence-corrected chi connectivity index (χ1v) is 9.63. The second-order valence-electron chi connectivity index (χ2n) is 6.98. The summed E-state index contributed by atoms with van der Waals surface area (Å²) in [5, 5.41) is 0. The van der Waals surface area contributed by atoms with Gasteiger partial charge in [0.2, 0.25) is 5.79 Å². The van der Waals surface area contributed by atoms with Gasteiger partial charge in [-0.1, -0.05) is 24.3 Å². The molecule has 2 saturated heterocycles. The zero-order valence-corrected chi connectivity index (χ0v) is 16.9. The number of carbonyl (C=O) groups excluding carboxylic acids is 1. The first-order valence-electron chi connectivity index (χ1n) is 8.55. The van der Waals surface area contributed by atoms with Crippen LogP contribution in [-0.4, -0.2) is 38.7 Å². The van der Waals surface area contributed by atoms with E-state index in [-0.39, 0.29) is 17.8 Å². The Hall–Kier alpha value is -1.38. The van der Waals surface area contributed by atoms with Crippen LogP contribution in [0.2, 0.25) is 0 Å². The zero-order valence-electron chi connectivity index (χ0n) is 14.7. The predicted octanol–water partition coefficient (Wildman–Crippen LogP) is 3.12. The maximum atomic E-state index is 13.0. The number of methoxy groups -OCH3 is 2. The highest BCUT2D eigenvalue weighted by molar-refractivity contribution is 14.1. The van der Waals surface area contributed by atoms with Crippen molar-refractivity contribution in [2.45, 2.75) is 18.3 Å². The fourth-order valence-electron chi connectivity index (χ4n) is 4.69. The maximum absolute atomic E-state index is 13.0. The second kappa shape index (κ2) is 6.35. The molecule has 0 amide bonds. The lowest BCUT2D eigenvalue weighted by Crippen LogP contribution is -2.50. The van der Waals surface area contributed by atoms with Crippen LogP contribution in [0, 0.1) is 20.8 Å². The molecule has 5 atom stereocenters. The average molecular weight is 468 g/mol. The Balaban J connectivity index is 1.76. The van der Waals surface area contributed by atoms with Crippen molar-refractivity contribution in [2.75, 3.05) is 20.8 Å². The van der Waals surface area contributed by atoms with E-state index in [1.165, 1.54) is 0 Å². The molecular formula is C20H21IO5. The van der Waals surface area contributed by atoms with Gasteiger partial charge in [0.15, 0.2) is 0 Å². The number of hydrogen-bond donors (Lipinski definition) is 0. The third kappa shape index (κ3) is 2.31. The van der Waals surface area contributed by atoms with E-state index in [0.717, 1.165) is 14.9 Å². The summed E-state index contributed by atoms with van der Waals surface area (Å²) in [6.45, 7) is 4.46. The quantitative estimate of drug-likeness (QED) is 0.378. The van der Waals surface area contributed by atoms with Crippen LogP contribution < -0.4 is 4.74 Å². The molecule has 4 rings (SSSR count). The van der Waals surface area contributed by atoms with Crippen molar-refractivity contribution in [2.24, 2.45) is 17.3 Å². The molecule has 26 heavy (non-hydrogen) atoms. The molecule has 0 aromatic heterocycles. The van der Waals surface area contributed by atoms with Crippen LogP contribution in [0.25, 0.3) is 0 Å². The van der Waals surface area contributed by atoms with Gasteiger partial charge in [-0.05, 0) is 40.3 Å². The molecule has 0 radical (unpaired) electrons. The van der Waals surface area contributed by atoms with E-state index in [4.69, 9.17) is 18.9 Å². The summed E-state index contributed by atoms with van der Waals surface area (Å²) in [7, 11) is 3.25. The largest absolute Gasteiger partial charge is 0.496 e. The second-order valence-corrected chi connectivity index (χ2v) is 8.14. The monoisotopic (exact) mass is 468 g/mol. The number of hydrogen-bond acceptors (Lipinski definition) is 5. The SMILES string of the molecule is C=C[C@]12C(=O)O[C@]3(Cc4ccc(I)c(OC)c4)OC[C@H](C=C[C@@H]1OC)[C@@H]32. The fraction of sp³-hybridized carbons (Fsp3) is 0.450. The van der Waals surface area contributed by atoms with Gasteiger partial charge in [0.25, 0.3) is 0 Å². The van der Waals surface area contributed by atoms with Crippen LogP contribution in [0.4, 0.5) is 0 Å². The van der Waals surface area contributed by atoms with E-state index >= 15 is 0 Å². The molecule has 3 aliphatic rings. The van der Waals surface area contributed by atoms with Crippen LogP contribution in [0.5, 0.6) is 5.75 Å². The highest BCUT2D eigenvalue weighted by atomic mass is 127. The number of esters is 1. The van der Waals surface area contributed by atoms with Crippen LogP contribution in [0.15, 0.2) is 43.0 Å². The molecule has 2 fully saturated rings. The highest BCUT2D eigenvalue weighted by Gasteiger charge is 2.72. The zero-order chi connectivity index (χ0) is 18.5. The van der Waals surface area contributed by atoms with Crippen molar-refractivity contribution in [3.8, 4) is 5.75 Å². The standard InChI is InChI=1S/C20H21IO5/c1-4-19-16(24-3)8-6-13-11-25-20(17(13)19,26-18(19)22)10-12-5-7-14(21)15(9-12)23-2/h4-9,13,16-17H,1,10-11H2,2-3H3/t13-,16-,17+,19-,20-/m0/s1. The van der Waals surface area contributed by atoms with E-state index in [1.54, 1.807) is 20.3 Å². The summed E-state index contributed by atoms with van der Waals surface area (Å²) in [6, 6.07) is 5.99. The van der Waals surface area contributed by atoms with Gasteiger partial charge in [-0.25, -0.2) is 0 Å². The third-order valence-electron chi connectivity index (χ3n) is 5.82. The van der Waals surface area contributed by atoms with Gasteiger partial charge in [0.05, 0.1) is 29.3 Å². The molecule has 5 nitrogen and oxygen atoms in total. The summed E-state index contributed by atoms with van der Waals surface area (Å²) < 4.78 is 24.1. The minimum Gasteiger partial charge on any atom is -0.496 e. The summed E-state index contributed by atoms with van der Waals surface area (Å²) in [5.74, 6) is -0.603. The maximum Gasteiger partial charge on any atom is 0.322 e. The summed E-state index contributed by atoms with van der Waals surface area (Å²) in [6.07, 6.45) is 5.77. The molecule has 2 aliphatic heterocycles. The first kappa shape index (κ1) is 18.0. The van der Waals surface area contributed by atoms with Gasteiger partial charge in [0, 0.05) is 19.4 Å². The van der Waals surface area contributed by atoms with E-state index in [2.05, 4.69) is 35.2 Å². The molecule has 0 spiro atoms. The molecule has 0 unspecified atom stereocenters. The lowest BCUT2D eigenvalue weighted by molar-refractivity contribution is -0.201. The van der Waals surface area contributed by atoms with Crippen molar-refractivity contribution in [1.29, 1.82) is 0 Å². The van der Waals surface area contributed by atoms with Gasteiger partial charge < -0.3 is 18.9 Å². The van der Waals surface area contributed by atoms with E-state index in [1.807, 2.05) is 24.3 Å². The van der Waals surface area contributed by atoms with Crippen molar-refractivity contribution in [1.82, 2.24) is 0 Å². The summed E-state index contributed by atoms with van der Waals surface area (Å²) in [5.41, 5.74) is 0.0805. The molecule has 6 heteroatoms. The van der Waals surface area contributed by atoms with E-state index in [9.17, 15) is 4.79 Å². The Morgan fingerprint density at radius 3 is 2.88 bits per heavy atom. The molecule has 0 saturated carbocycles. The molecule has 1 aromatic carbocycles. The molecule has 1 aliphatic carbocycles. The van der Waals surface area contributed by atoms with Gasteiger partial charge in [-0.3, -0.25) is 4.79 Å². The molecular weight excluding hydrogens is 447 g/mol. The molecule has 0 N–H and O–H groups in total. The van der Waals surface area contributed by atoms with E-state index in [0.29, 0.717) is 13.0 Å². The summed E-state index contributed by atoms with van der Waals surface area (Å²) in [4.78, 5) is 13.0. The minimum atomic E-state index is -1.00. The van der Waals surface area contributed by atoms with Crippen LogP contribution in [-0.2, 0) is 25.4 Å². The predicted molar refractivity (Wildman–Crippen MR) is 104 cm³/mol. The first-order chi connectivity index (χ1) is 12.5. The molecule has 138 valence electrons. The van der Waals surface area contributed by atoms with Crippen molar-refractivity contribution < 1.29 is 23.7 Å². The Bertz CT molecular complexity index is 790. The Kier molecular flexibility index (Phi) is 4.40. The van der Waals surface area contributed by atoms with Gasteiger partial charge >= 0.3 is 5.97 Å².